The van der Waals surface area contributed by atoms with E-state index in [2.05, 4.69) is 11.8 Å². The Morgan fingerprint density at radius 2 is 2.06 bits per heavy atom. The summed E-state index contributed by atoms with van der Waals surface area (Å²) in [6, 6.07) is 0. The Bertz CT molecular complexity index is 387. The van der Waals surface area contributed by atoms with Gasteiger partial charge in [0.2, 0.25) is 5.91 Å². The maximum absolute atomic E-state index is 11.8. The molecule has 1 aliphatic rings. The second kappa shape index (κ2) is 5.76. The summed E-state index contributed by atoms with van der Waals surface area (Å²) >= 11 is 0. The number of nitrogens with zero attached hydrogens (tertiary/aromatic N) is 2. The van der Waals surface area contributed by atoms with Crippen molar-refractivity contribution in [3.8, 4) is 11.8 Å². The van der Waals surface area contributed by atoms with Crippen molar-refractivity contribution >= 4 is 12.0 Å². The molecule has 0 aromatic carbocycles. The van der Waals surface area contributed by atoms with Crippen LogP contribution >= 0.6 is 0 Å². The molecule has 1 aliphatic heterocycles. The molecule has 5 nitrogen and oxygen atoms in total. The molecule has 0 unspecified atom stereocenters. The highest BCUT2D eigenvalue weighted by molar-refractivity contribution is 5.83. The van der Waals surface area contributed by atoms with Crippen LogP contribution in [0.3, 0.4) is 0 Å². The minimum Gasteiger partial charge on any atom is -0.444 e. The van der Waals surface area contributed by atoms with Gasteiger partial charge in [-0.05, 0) is 27.7 Å². The SMILES string of the molecule is CC#CCN1CCN(C(=O)OC(C)(C)C)CC1=O. The van der Waals surface area contributed by atoms with E-state index in [1.54, 1.807) is 32.6 Å². The second-order valence-corrected chi connectivity index (χ2v) is 5.14. The van der Waals surface area contributed by atoms with Gasteiger partial charge >= 0.3 is 6.09 Å². The standard InChI is InChI=1S/C13H20N2O3/c1-5-6-7-14-8-9-15(10-11(14)16)12(17)18-13(2,3)4/h7-10H2,1-4H3. The largest absolute Gasteiger partial charge is 0.444 e. The summed E-state index contributed by atoms with van der Waals surface area (Å²) in [5.74, 6) is 5.51. The van der Waals surface area contributed by atoms with Crippen LogP contribution in [-0.2, 0) is 9.53 Å². The van der Waals surface area contributed by atoms with Crippen molar-refractivity contribution in [1.82, 2.24) is 9.80 Å². The van der Waals surface area contributed by atoms with Crippen LogP contribution in [0.25, 0.3) is 0 Å². The van der Waals surface area contributed by atoms with E-state index in [-0.39, 0.29) is 12.5 Å². The summed E-state index contributed by atoms with van der Waals surface area (Å²) in [7, 11) is 0. The molecule has 1 rings (SSSR count). The molecular weight excluding hydrogens is 232 g/mol. The van der Waals surface area contributed by atoms with Crippen LogP contribution < -0.4 is 0 Å². The van der Waals surface area contributed by atoms with Gasteiger partial charge in [0, 0.05) is 13.1 Å². The van der Waals surface area contributed by atoms with Gasteiger partial charge in [0.05, 0.1) is 6.54 Å². The maximum Gasteiger partial charge on any atom is 0.410 e. The van der Waals surface area contributed by atoms with E-state index in [1.807, 2.05) is 0 Å². The molecule has 1 saturated heterocycles. The molecule has 0 N–H and O–H groups in total. The summed E-state index contributed by atoms with van der Waals surface area (Å²) < 4.78 is 5.23. The summed E-state index contributed by atoms with van der Waals surface area (Å²) in [5.41, 5.74) is -0.537. The summed E-state index contributed by atoms with van der Waals surface area (Å²) in [4.78, 5) is 26.7. The molecule has 5 heteroatoms. The fraction of sp³-hybridized carbons (Fsp3) is 0.692. The number of rotatable bonds is 1. The minimum atomic E-state index is -0.537. The molecule has 1 heterocycles. The zero-order valence-corrected chi connectivity index (χ0v) is 11.4. The van der Waals surface area contributed by atoms with E-state index >= 15 is 0 Å². The van der Waals surface area contributed by atoms with Crippen LogP contribution in [0, 0.1) is 11.8 Å². The number of ether oxygens (including phenoxy) is 1. The highest BCUT2D eigenvalue weighted by Crippen LogP contribution is 2.12. The number of carbonyl (C=O) groups excluding carboxylic acids is 2. The molecule has 0 saturated carbocycles. The van der Waals surface area contributed by atoms with E-state index < -0.39 is 11.7 Å². The van der Waals surface area contributed by atoms with Crippen LogP contribution in [-0.4, -0.2) is 53.6 Å². The maximum atomic E-state index is 11.8. The third kappa shape index (κ3) is 4.28. The molecular formula is C13H20N2O3. The molecule has 0 aliphatic carbocycles. The predicted molar refractivity (Wildman–Crippen MR) is 67.8 cm³/mol. The number of hydrogen-bond acceptors (Lipinski definition) is 3. The first-order chi connectivity index (χ1) is 8.33. The van der Waals surface area contributed by atoms with Gasteiger partial charge in [-0.2, -0.15) is 0 Å². The van der Waals surface area contributed by atoms with E-state index in [9.17, 15) is 9.59 Å². The summed E-state index contributed by atoms with van der Waals surface area (Å²) in [5, 5.41) is 0. The highest BCUT2D eigenvalue weighted by Gasteiger charge is 2.29. The second-order valence-electron chi connectivity index (χ2n) is 5.14. The Morgan fingerprint density at radius 1 is 1.39 bits per heavy atom. The van der Waals surface area contributed by atoms with Crippen LogP contribution in [0.1, 0.15) is 27.7 Å². The molecule has 0 atom stereocenters. The molecule has 0 radical (unpaired) electrons. The first-order valence-corrected chi connectivity index (χ1v) is 5.99. The van der Waals surface area contributed by atoms with Gasteiger partial charge in [-0.1, -0.05) is 5.92 Å². The number of amides is 2. The quantitative estimate of drug-likeness (QED) is 0.656. The van der Waals surface area contributed by atoms with Gasteiger partial charge in [-0.25, -0.2) is 4.79 Å². The van der Waals surface area contributed by atoms with E-state index in [0.717, 1.165) is 0 Å². The Hall–Kier alpha value is -1.70. The summed E-state index contributed by atoms with van der Waals surface area (Å²) in [6.07, 6.45) is -0.433. The van der Waals surface area contributed by atoms with Gasteiger partial charge in [0.25, 0.3) is 0 Å². The topological polar surface area (TPSA) is 49.9 Å². The van der Waals surface area contributed by atoms with Gasteiger partial charge in [-0.15, -0.1) is 5.92 Å². The van der Waals surface area contributed by atoms with Crippen molar-refractivity contribution in [3.63, 3.8) is 0 Å². The third-order valence-corrected chi connectivity index (χ3v) is 2.42. The monoisotopic (exact) mass is 252 g/mol. The zero-order chi connectivity index (χ0) is 13.8. The third-order valence-electron chi connectivity index (χ3n) is 2.42. The van der Waals surface area contributed by atoms with Crippen molar-refractivity contribution in [2.45, 2.75) is 33.3 Å². The number of carbonyl (C=O) groups is 2. The Balaban J connectivity index is 2.52. The lowest BCUT2D eigenvalue weighted by molar-refractivity contribution is -0.135. The molecule has 0 bridgehead atoms. The van der Waals surface area contributed by atoms with Crippen molar-refractivity contribution in [2.75, 3.05) is 26.2 Å². The fourth-order valence-corrected chi connectivity index (χ4v) is 1.53. The molecule has 2 amide bonds. The minimum absolute atomic E-state index is 0.0697. The lowest BCUT2D eigenvalue weighted by atomic mass is 10.2. The number of piperazine rings is 1. The molecule has 100 valence electrons. The molecule has 0 aromatic rings. The van der Waals surface area contributed by atoms with Crippen molar-refractivity contribution in [3.05, 3.63) is 0 Å². The van der Waals surface area contributed by atoms with Crippen molar-refractivity contribution in [2.24, 2.45) is 0 Å². The van der Waals surface area contributed by atoms with Crippen LogP contribution in [0.15, 0.2) is 0 Å². The van der Waals surface area contributed by atoms with Gasteiger partial charge in [-0.3, -0.25) is 9.69 Å². The lowest BCUT2D eigenvalue weighted by Crippen LogP contribution is -2.53. The van der Waals surface area contributed by atoms with Crippen molar-refractivity contribution in [1.29, 1.82) is 0 Å². The van der Waals surface area contributed by atoms with Crippen LogP contribution in [0.2, 0.25) is 0 Å². The molecule has 0 aromatic heterocycles. The van der Waals surface area contributed by atoms with E-state index in [1.165, 1.54) is 4.90 Å². The Morgan fingerprint density at radius 3 is 2.56 bits per heavy atom. The normalized spacial score (nSPS) is 16.1. The van der Waals surface area contributed by atoms with E-state index in [0.29, 0.717) is 19.6 Å². The lowest BCUT2D eigenvalue weighted by Gasteiger charge is -2.34. The van der Waals surface area contributed by atoms with Gasteiger partial charge < -0.3 is 9.64 Å². The predicted octanol–water partition coefficient (Wildman–Crippen LogP) is 1.09. The first-order valence-electron chi connectivity index (χ1n) is 5.99. The fourth-order valence-electron chi connectivity index (χ4n) is 1.53. The van der Waals surface area contributed by atoms with E-state index in [4.69, 9.17) is 4.74 Å². The molecule has 18 heavy (non-hydrogen) atoms. The van der Waals surface area contributed by atoms with Crippen molar-refractivity contribution < 1.29 is 14.3 Å². The summed E-state index contributed by atoms with van der Waals surface area (Å²) in [6.45, 7) is 8.65. The average Bonchev–Trinajstić information content (AvgIpc) is 2.25. The smallest absolute Gasteiger partial charge is 0.410 e. The molecule has 0 spiro atoms. The highest BCUT2D eigenvalue weighted by atomic mass is 16.6. The zero-order valence-electron chi connectivity index (χ0n) is 11.4. The molecule has 1 fully saturated rings. The Kier molecular flexibility index (Phi) is 4.60. The van der Waals surface area contributed by atoms with Gasteiger partial charge in [0.15, 0.2) is 0 Å². The van der Waals surface area contributed by atoms with Crippen LogP contribution in [0.5, 0.6) is 0 Å². The van der Waals surface area contributed by atoms with Crippen LogP contribution in [0.4, 0.5) is 4.79 Å². The Labute approximate surface area is 108 Å². The van der Waals surface area contributed by atoms with Gasteiger partial charge in [0.1, 0.15) is 12.1 Å². The average molecular weight is 252 g/mol. The number of hydrogen-bond donors (Lipinski definition) is 0. The first kappa shape index (κ1) is 14.4.